The van der Waals surface area contributed by atoms with Gasteiger partial charge in [-0.15, -0.1) is 0 Å². The van der Waals surface area contributed by atoms with Crippen molar-refractivity contribution in [1.29, 1.82) is 0 Å². The molecule has 1 N–H and O–H groups in total. The molecule has 0 bridgehead atoms. The van der Waals surface area contributed by atoms with Gasteiger partial charge in [0.2, 0.25) is 15.9 Å². The molecular formula is C18H21BrN2O3S. The van der Waals surface area contributed by atoms with E-state index in [0.717, 1.165) is 10.0 Å². The number of benzene rings is 2. The highest BCUT2D eigenvalue weighted by Crippen LogP contribution is 2.19. The van der Waals surface area contributed by atoms with E-state index in [9.17, 15) is 13.2 Å². The minimum Gasteiger partial charge on any atom is -0.326 e. The highest BCUT2D eigenvalue weighted by molar-refractivity contribution is 9.10. The van der Waals surface area contributed by atoms with Crippen molar-refractivity contribution in [2.45, 2.75) is 19.8 Å². The standard InChI is InChI=1S/C18H21BrN2O3S/c1-14-8-10-17(11-9-14)21(25(2,23)24)12-4-7-18(22)20-16-6-3-5-15(19)13-16/h3,5-6,8-11,13H,4,7,12H2,1-2H3,(H,20,22). The Hall–Kier alpha value is -1.86. The number of anilines is 2. The average molecular weight is 425 g/mol. The van der Waals surface area contributed by atoms with Crippen LogP contribution in [0.2, 0.25) is 0 Å². The van der Waals surface area contributed by atoms with Gasteiger partial charge in [-0.25, -0.2) is 8.42 Å². The van der Waals surface area contributed by atoms with Crippen molar-refractivity contribution in [2.24, 2.45) is 0 Å². The van der Waals surface area contributed by atoms with Gasteiger partial charge in [0.05, 0.1) is 11.9 Å². The summed E-state index contributed by atoms with van der Waals surface area (Å²) in [6, 6.07) is 14.6. The van der Waals surface area contributed by atoms with E-state index in [2.05, 4.69) is 21.2 Å². The molecule has 2 rings (SSSR count). The van der Waals surface area contributed by atoms with E-state index in [-0.39, 0.29) is 18.9 Å². The van der Waals surface area contributed by atoms with Crippen LogP contribution in [0.1, 0.15) is 18.4 Å². The summed E-state index contributed by atoms with van der Waals surface area (Å²) in [6.45, 7) is 2.20. The number of aryl methyl sites for hydroxylation is 1. The van der Waals surface area contributed by atoms with Crippen LogP contribution in [0.3, 0.4) is 0 Å². The number of amides is 1. The van der Waals surface area contributed by atoms with Crippen LogP contribution in [0.25, 0.3) is 0 Å². The van der Waals surface area contributed by atoms with Gasteiger partial charge < -0.3 is 5.32 Å². The highest BCUT2D eigenvalue weighted by Gasteiger charge is 2.17. The zero-order valence-corrected chi connectivity index (χ0v) is 16.6. The molecule has 0 saturated heterocycles. The van der Waals surface area contributed by atoms with Gasteiger partial charge in [-0.3, -0.25) is 9.10 Å². The summed E-state index contributed by atoms with van der Waals surface area (Å²) in [5, 5.41) is 2.81. The summed E-state index contributed by atoms with van der Waals surface area (Å²) in [4.78, 5) is 12.0. The van der Waals surface area contributed by atoms with E-state index in [0.29, 0.717) is 17.8 Å². The first-order valence-corrected chi connectivity index (χ1v) is 10.5. The van der Waals surface area contributed by atoms with E-state index >= 15 is 0 Å². The molecule has 0 atom stereocenters. The minimum atomic E-state index is -3.40. The second kappa shape index (κ2) is 8.49. The van der Waals surface area contributed by atoms with Crippen LogP contribution >= 0.6 is 15.9 Å². The number of nitrogens with zero attached hydrogens (tertiary/aromatic N) is 1. The zero-order valence-electron chi connectivity index (χ0n) is 14.2. The second-order valence-electron chi connectivity index (χ2n) is 5.83. The Morgan fingerprint density at radius 3 is 2.44 bits per heavy atom. The molecule has 0 radical (unpaired) electrons. The molecule has 0 aromatic heterocycles. The third-order valence-electron chi connectivity index (χ3n) is 3.60. The van der Waals surface area contributed by atoms with Crippen LogP contribution in [0.5, 0.6) is 0 Å². The second-order valence-corrected chi connectivity index (χ2v) is 8.66. The first-order valence-electron chi connectivity index (χ1n) is 7.85. The average Bonchev–Trinajstić information content (AvgIpc) is 2.51. The van der Waals surface area contributed by atoms with Gasteiger partial charge in [0.1, 0.15) is 0 Å². The van der Waals surface area contributed by atoms with Gasteiger partial charge in [-0.1, -0.05) is 39.7 Å². The summed E-state index contributed by atoms with van der Waals surface area (Å²) >= 11 is 3.35. The Balaban J connectivity index is 1.95. The minimum absolute atomic E-state index is 0.143. The van der Waals surface area contributed by atoms with Gasteiger partial charge in [-0.2, -0.15) is 0 Å². The van der Waals surface area contributed by atoms with Gasteiger partial charge >= 0.3 is 0 Å². The predicted octanol–water partition coefficient (Wildman–Crippen LogP) is 3.94. The molecule has 0 aliphatic heterocycles. The smallest absolute Gasteiger partial charge is 0.232 e. The summed E-state index contributed by atoms with van der Waals surface area (Å²) < 4.78 is 26.3. The molecule has 5 nitrogen and oxygen atoms in total. The van der Waals surface area contributed by atoms with Crippen molar-refractivity contribution < 1.29 is 13.2 Å². The number of rotatable bonds is 7. The molecule has 0 fully saturated rings. The molecule has 0 unspecified atom stereocenters. The fourth-order valence-electron chi connectivity index (χ4n) is 2.37. The van der Waals surface area contributed by atoms with Crippen LogP contribution < -0.4 is 9.62 Å². The first kappa shape index (κ1) is 19.5. The van der Waals surface area contributed by atoms with Crippen LogP contribution in [0, 0.1) is 6.92 Å². The van der Waals surface area contributed by atoms with Crippen molar-refractivity contribution in [3.8, 4) is 0 Å². The van der Waals surface area contributed by atoms with Crippen molar-refractivity contribution in [2.75, 3.05) is 22.4 Å². The lowest BCUT2D eigenvalue weighted by molar-refractivity contribution is -0.116. The maximum absolute atomic E-state index is 12.0. The van der Waals surface area contributed by atoms with Gasteiger partial charge in [0, 0.05) is 23.1 Å². The Morgan fingerprint density at radius 1 is 1.16 bits per heavy atom. The van der Waals surface area contributed by atoms with Crippen molar-refractivity contribution in [1.82, 2.24) is 0 Å². The molecule has 0 saturated carbocycles. The van der Waals surface area contributed by atoms with E-state index in [1.54, 1.807) is 18.2 Å². The Kier molecular flexibility index (Phi) is 6.61. The Labute approximate surface area is 157 Å². The number of carbonyl (C=O) groups is 1. The van der Waals surface area contributed by atoms with Crippen LogP contribution in [0.15, 0.2) is 53.0 Å². The number of hydrogen-bond donors (Lipinski definition) is 1. The summed E-state index contributed by atoms with van der Waals surface area (Å²) in [5.41, 5.74) is 2.38. The first-order chi connectivity index (χ1) is 11.8. The van der Waals surface area contributed by atoms with Gasteiger partial charge in [0.15, 0.2) is 0 Å². The number of halogens is 1. The predicted molar refractivity (Wildman–Crippen MR) is 105 cm³/mol. The van der Waals surface area contributed by atoms with Crippen molar-refractivity contribution in [3.05, 3.63) is 58.6 Å². The Morgan fingerprint density at radius 2 is 1.84 bits per heavy atom. The summed E-state index contributed by atoms with van der Waals surface area (Å²) in [7, 11) is -3.40. The van der Waals surface area contributed by atoms with Crippen LogP contribution in [0.4, 0.5) is 11.4 Å². The number of hydrogen-bond acceptors (Lipinski definition) is 3. The molecule has 7 heteroatoms. The fraction of sp³-hybridized carbons (Fsp3) is 0.278. The van der Waals surface area contributed by atoms with E-state index in [4.69, 9.17) is 0 Å². The lowest BCUT2D eigenvalue weighted by Crippen LogP contribution is -2.31. The molecular weight excluding hydrogens is 404 g/mol. The van der Waals surface area contributed by atoms with Crippen LogP contribution in [-0.4, -0.2) is 27.1 Å². The maximum Gasteiger partial charge on any atom is 0.232 e. The molecule has 25 heavy (non-hydrogen) atoms. The quantitative estimate of drug-likeness (QED) is 0.731. The summed E-state index contributed by atoms with van der Waals surface area (Å²) in [6.07, 6.45) is 1.85. The number of sulfonamides is 1. The molecule has 2 aromatic rings. The fourth-order valence-corrected chi connectivity index (χ4v) is 3.74. The molecule has 0 spiro atoms. The normalized spacial score (nSPS) is 11.2. The van der Waals surface area contributed by atoms with Gasteiger partial charge in [-0.05, 0) is 43.7 Å². The maximum atomic E-state index is 12.0. The lowest BCUT2D eigenvalue weighted by atomic mass is 10.2. The van der Waals surface area contributed by atoms with Crippen LogP contribution in [-0.2, 0) is 14.8 Å². The molecule has 134 valence electrons. The SMILES string of the molecule is Cc1ccc(N(CCCC(=O)Nc2cccc(Br)c2)S(C)(=O)=O)cc1. The number of nitrogens with one attached hydrogen (secondary N) is 1. The third-order valence-corrected chi connectivity index (χ3v) is 5.28. The summed E-state index contributed by atoms with van der Waals surface area (Å²) in [5.74, 6) is -0.143. The van der Waals surface area contributed by atoms with E-state index < -0.39 is 10.0 Å². The topological polar surface area (TPSA) is 66.5 Å². The molecule has 1 amide bonds. The molecule has 0 aliphatic carbocycles. The van der Waals surface area contributed by atoms with Gasteiger partial charge in [0.25, 0.3) is 0 Å². The largest absolute Gasteiger partial charge is 0.326 e. The molecule has 0 aliphatic rings. The lowest BCUT2D eigenvalue weighted by Gasteiger charge is -2.22. The van der Waals surface area contributed by atoms with Crippen molar-refractivity contribution >= 4 is 43.2 Å². The Bertz CT molecular complexity index is 836. The van der Waals surface area contributed by atoms with E-state index in [1.807, 2.05) is 37.3 Å². The zero-order chi connectivity index (χ0) is 18.4. The highest BCUT2D eigenvalue weighted by atomic mass is 79.9. The van der Waals surface area contributed by atoms with Crippen molar-refractivity contribution in [3.63, 3.8) is 0 Å². The number of carbonyl (C=O) groups excluding carboxylic acids is 1. The molecule has 2 aromatic carbocycles. The monoisotopic (exact) mass is 424 g/mol. The van der Waals surface area contributed by atoms with E-state index in [1.165, 1.54) is 10.6 Å². The third kappa shape index (κ3) is 6.17. The molecule has 0 heterocycles.